The van der Waals surface area contributed by atoms with Crippen molar-refractivity contribution in [1.82, 2.24) is 19.3 Å². The van der Waals surface area contributed by atoms with E-state index in [0.717, 1.165) is 22.5 Å². The van der Waals surface area contributed by atoms with Crippen molar-refractivity contribution in [1.29, 1.82) is 0 Å². The van der Waals surface area contributed by atoms with Crippen molar-refractivity contribution < 1.29 is 23.4 Å². The fourth-order valence-electron chi connectivity index (χ4n) is 3.44. The maximum absolute atomic E-state index is 14.3. The van der Waals surface area contributed by atoms with Crippen LogP contribution in [0.2, 0.25) is 5.15 Å². The van der Waals surface area contributed by atoms with Crippen molar-refractivity contribution in [2.45, 2.75) is 13.0 Å². The highest BCUT2D eigenvalue weighted by Crippen LogP contribution is 2.31. The van der Waals surface area contributed by atoms with Gasteiger partial charge in [0.25, 0.3) is 0 Å². The lowest BCUT2D eigenvalue weighted by molar-refractivity contribution is 0.232. The first kappa shape index (κ1) is 23.4. The highest BCUT2D eigenvalue weighted by atomic mass is 35.5. The Labute approximate surface area is 197 Å². The maximum atomic E-state index is 14.3. The van der Waals surface area contributed by atoms with Crippen molar-refractivity contribution in [3.63, 3.8) is 0 Å². The number of benzene rings is 2. The van der Waals surface area contributed by atoms with Gasteiger partial charge in [0, 0.05) is 30.0 Å². The van der Waals surface area contributed by atoms with Gasteiger partial charge in [-0.05, 0) is 25.1 Å². The van der Waals surface area contributed by atoms with E-state index in [0.29, 0.717) is 17.5 Å². The summed E-state index contributed by atoms with van der Waals surface area (Å²) in [5, 5.41) is 13.6. The number of halogens is 3. The molecule has 0 saturated heterocycles. The van der Waals surface area contributed by atoms with Gasteiger partial charge in [-0.1, -0.05) is 17.7 Å². The normalized spacial score (nSPS) is 11.9. The van der Waals surface area contributed by atoms with E-state index >= 15 is 0 Å². The highest BCUT2D eigenvalue weighted by molar-refractivity contribution is 6.29. The fourth-order valence-corrected chi connectivity index (χ4v) is 3.62. The van der Waals surface area contributed by atoms with Crippen LogP contribution in [-0.2, 0) is 0 Å². The van der Waals surface area contributed by atoms with Crippen molar-refractivity contribution in [3.8, 4) is 22.9 Å². The van der Waals surface area contributed by atoms with Gasteiger partial charge in [0.1, 0.15) is 29.2 Å². The second kappa shape index (κ2) is 9.62. The number of aryl methyl sites for hydroxylation is 1. The first-order chi connectivity index (χ1) is 16.3. The Morgan fingerprint density at radius 2 is 1.94 bits per heavy atom. The number of nitrogens with zero attached hydrogens (tertiary/aromatic N) is 4. The summed E-state index contributed by atoms with van der Waals surface area (Å²) in [7, 11) is 1.49. The van der Waals surface area contributed by atoms with Crippen LogP contribution in [0.5, 0.6) is 17.2 Å². The van der Waals surface area contributed by atoms with Crippen molar-refractivity contribution >= 4 is 11.6 Å². The molecule has 0 spiro atoms. The Hall–Kier alpha value is -3.76. The smallest absolute Gasteiger partial charge is 0.310 e. The van der Waals surface area contributed by atoms with Gasteiger partial charge in [0.2, 0.25) is 0 Å². The van der Waals surface area contributed by atoms with Crippen LogP contribution in [0.25, 0.3) is 5.69 Å². The van der Waals surface area contributed by atoms with E-state index in [2.05, 4.69) is 10.1 Å². The third kappa shape index (κ3) is 4.63. The summed E-state index contributed by atoms with van der Waals surface area (Å²) in [5.41, 5.74) is 0.618. The van der Waals surface area contributed by atoms with Gasteiger partial charge in [-0.15, -0.1) is 0 Å². The minimum Gasteiger partial charge on any atom is -0.494 e. The predicted molar refractivity (Wildman–Crippen MR) is 120 cm³/mol. The van der Waals surface area contributed by atoms with Gasteiger partial charge in [0.15, 0.2) is 10.9 Å². The van der Waals surface area contributed by atoms with Crippen LogP contribution < -0.4 is 15.0 Å². The minimum atomic E-state index is -1.25. The van der Waals surface area contributed by atoms with E-state index in [1.54, 1.807) is 29.1 Å². The van der Waals surface area contributed by atoms with Crippen molar-refractivity contribution in [2.75, 3.05) is 13.7 Å². The maximum Gasteiger partial charge on any atom is 0.310 e. The van der Waals surface area contributed by atoms with Crippen LogP contribution in [0, 0.1) is 18.6 Å². The number of aliphatic hydroxyl groups is 1. The number of ether oxygens (including phenoxy) is 2. The second-order valence-corrected chi connectivity index (χ2v) is 7.69. The molecule has 2 heterocycles. The molecule has 1 N–H and O–H groups in total. The largest absolute Gasteiger partial charge is 0.494 e. The number of imidazole rings is 1. The molecule has 2 aromatic carbocycles. The Balaban J connectivity index is 1.72. The molecule has 0 aliphatic carbocycles. The number of hydrogen-bond donors (Lipinski definition) is 1. The van der Waals surface area contributed by atoms with E-state index in [1.807, 2.05) is 13.1 Å². The molecule has 4 aromatic rings. The van der Waals surface area contributed by atoms with Gasteiger partial charge in [0.05, 0.1) is 31.4 Å². The summed E-state index contributed by atoms with van der Waals surface area (Å²) in [6.45, 7) is 1.16. The topological polar surface area (TPSA) is 91.4 Å². The number of aliphatic hydroxyl groups excluding tert-OH is 1. The lowest BCUT2D eigenvalue weighted by Gasteiger charge is -2.19. The van der Waals surface area contributed by atoms with Crippen LogP contribution in [0.1, 0.15) is 17.3 Å². The van der Waals surface area contributed by atoms with E-state index < -0.39 is 29.8 Å². The second-order valence-electron chi connectivity index (χ2n) is 7.30. The first-order valence-corrected chi connectivity index (χ1v) is 10.4. The highest BCUT2D eigenvalue weighted by Gasteiger charge is 2.23. The molecule has 2 aromatic heterocycles. The molecule has 0 fully saturated rings. The molecule has 4 rings (SSSR count). The zero-order chi connectivity index (χ0) is 24.4. The average molecular weight is 489 g/mol. The molecular formula is C23H19ClF2N4O4. The molecule has 0 saturated carbocycles. The zero-order valence-corrected chi connectivity index (χ0v) is 18.8. The Kier molecular flexibility index (Phi) is 6.62. The molecule has 0 aliphatic heterocycles. The molecule has 0 unspecified atom stereocenters. The van der Waals surface area contributed by atoms with Crippen LogP contribution in [-0.4, -0.2) is 38.2 Å². The van der Waals surface area contributed by atoms with Gasteiger partial charge >= 0.3 is 5.56 Å². The van der Waals surface area contributed by atoms with E-state index in [9.17, 15) is 18.7 Å². The molecule has 0 aliphatic rings. The lowest BCUT2D eigenvalue weighted by atomic mass is 10.1. The monoisotopic (exact) mass is 488 g/mol. The number of aromatic nitrogens is 4. The number of methoxy groups -OCH3 is 1. The van der Waals surface area contributed by atoms with E-state index in [4.69, 9.17) is 21.1 Å². The summed E-state index contributed by atoms with van der Waals surface area (Å²) in [6.07, 6.45) is 3.46. The summed E-state index contributed by atoms with van der Waals surface area (Å²) in [6, 6.07) is 7.67. The lowest BCUT2D eigenvalue weighted by Crippen LogP contribution is -2.31. The van der Waals surface area contributed by atoms with Gasteiger partial charge in [-0.2, -0.15) is 5.10 Å². The van der Waals surface area contributed by atoms with Gasteiger partial charge in [-0.25, -0.2) is 18.4 Å². The summed E-state index contributed by atoms with van der Waals surface area (Å²) in [4.78, 5) is 17.3. The Morgan fingerprint density at radius 1 is 1.15 bits per heavy atom. The predicted octanol–water partition coefficient (Wildman–Crippen LogP) is 4.05. The van der Waals surface area contributed by atoms with Crippen LogP contribution >= 0.6 is 11.6 Å². The molecule has 11 heteroatoms. The standard InChI is InChI=1S/C23H19ClF2N4O4/c1-13-10-29(12-27-13)18-6-4-15(8-20(18)33-2)34-21-9-22(24)28-30(23(21)32)19(11-31)16-5-3-14(25)7-17(16)26/h3-10,12,19,31H,11H2,1-2H3/t19-/m0/s1. The minimum absolute atomic E-state index is 0.131. The number of hydrogen-bond acceptors (Lipinski definition) is 6. The van der Waals surface area contributed by atoms with Crippen LogP contribution in [0.15, 0.2) is 59.8 Å². The molecule has 176 valence electrons. The van der Waals surface area contributed by atoms with Crippen LogP contribution in [0.3, 0.4) is 0 Å². The molecule has 8 nitrogen and oxygen atoms in total. The molecule has 0 amide bonds. The number of rotatable bonds is 7. The molecule has 34 heavy (non-hydrogen) atoms. The first-order valence-electron chi connectivity index (χ1n) is 10.0. The summed E-state index contributed by atoms with van der Waals surface area (Å²) < 4.78 is 41.4. The molecule has 0 bridgehead atoms. The molecule has 1 atom stereocenters. The summed E-state index contributed by atoms with van der Waals surface area (Å²) >= 11 is 6.09. The fraction of sp³-hybridized carbons (Fsp3) is 0.174. The van der Waals surface area contributed by atoms with Crippen LogP contribution in [0.4, 0.5) is 8.78 Å². The third-order valence-electron chi connectivity index (χ3n) is 5.03. The SMILES string of the molecule is COc1cc(Oc2cc(Cl)nn([C@@H](CO)c3ccc(F)cc3F)c2=O)ccc1-n1cnc(C)c1. The third-order valence-corrected chi connectivity index (χ3v) is 5.22. The van der Waals surface area contributed by atoms with Gasteiger partial charge < -0.3 is 19.1 Å². The zero-order valence-electron chi connectivity index (χ0n) is 18.1. The average Bonchev–Trinajstić information content (AvgIpc) is 3.24. The molecular weight excluding hydrogens is 470 g/mol. The van der Waals surface area contributed by atoms with Gasteiger partial charge in [-0.3, -0.25) is 4.79 Å². The molecule has 0 radical (unpaired) electrons. The van der Waals surface area contributed by atoms with Crippen molar-refractivity contribution in [2.24, 2.45) is 0 Å². The van der Waals surface area contributed by atoms with E-state index in [1.165, 1.54) is 13.2 Å². The Morgan fingerprint density at radius 3 is 2.59 bits per heavy atom. The van der Waals surface area contributed by atoms with Crippen molar-refractivity contribution in [3.05, 3.63) is 93.4 Å². The quantitative estimate of drug-likeness (QED) is 0.422. The summed E-state index contributed by atoms with van der Waals surface area (Å²) in [5.74, 6) is -1.23. The van der Waals surface area contributed by atoms with E-state index in [-0.39, 0.29) is 22.2 Å². The Bertz CT molecular complexity index is 1410.